The first-order valence-corrected chi connectivity index (χ1v) is 9.71. The molecular formula is C22H26O9. The normalized spacial score (nSPS) is 18.2. The predicted octanol–water partition coefficient (Wildman–Crippen LogP) is 2.23. The van der Waals surface area contributed by atoms with Gasteiger partial charge in [0.15, 0.2) is 29.1 Å². The number of epoxide rings is 1. The van der Waals surface area contributed by atoms with Crippen molar-refractivity contribution in [3.05, 3.63) is 36.4 Å². The third-order valence-electron chi connectivity index (χ3n) is 4.30. The summed E-state index contributed by atoms with van der Waals surface area (Å²) in [6.07, 6.45) is -0.128. The van der Waals surface area contributed by atoms with Crippen molar-refractivity contribution < 1.29 is 43.1 Å². The minimum absolute atomic E-state index is 0.0450. The number of benzene rings is 2. The third kappa shape index (κ3) is 6.66. The molecule has 9 nitrogen and oxygen atoms in total. The van der Waals surface area contributed by atoms with E-state index in [4.69, 9.17) is 38.3 Å². The van der Waals surface area contributed by atoms with Gasteiger partial charge in [-0.25, -0.2) is 0 Å². The number of ether oxygens (including phenoxy) is 7. The van der Waals surface area contributed by atoms with Crippen LogP contribution >= 0.6 is 0 Å². The Bertz CT molecular complexity index is 879. The molecule has 2 aliphatic heterocycles. The highest BCUT2D eigenvalue weighted by atomic mass is 16.6. The van der Waals surface area contributed by atoms with E-state index in [-0.39, 0.29) is 18.8 Å². The molecule has 2 aliphatic rings. The molecule has 2 aromatic rings. The molecule has 168 valence electrons. The van der Waals surface area contributed by atoms with Crippen LogP contribution in [-0.4, -0.2) is 63.9 Å². The van der Waals surface area contributed by atoms with Crippen LogP contribution in [-0.2, 0) is 9.53 Å². The standard InChI is InChI=1S/C12H14O5.C10H12O4/c1-8(13)17-12-5-9(14-2)3-4-11(12)16-7-10-6-15-10;1-12-7-2-3-9-10(4-7)14-8(5-11)6-13-9/h3-5,10H,6-7H2,1-2H3;2-4,8,11H,5-6H2,1H3. The molecule has 4 rings (SSSR count). The number of hydrogen-bond donors (Lipinski definition) is 1. The van der Waals surface area contributed by atoms with Crippen molar-refractivity contribution in [3.63, 3.8) is 0 Å². The second-order valence-corrected chi connectivity index (χ2v) is 6.72. The number of carbonyl (C=O) groups excluding carboxylic acids is 1. The summed E-state index contributed by atoms with van der Waals surface area (Å²) in [6, 6.07) is 10.4. The van der Waals surface area contributed by atoms with Crippen LogP contribution in [0.5, 0.6) is 34.5 Å². The predicted molar refractivity (Wildman–Crippen MR) is 110 cm³/mol. The quantitative estimate of drug-likeness (QED) is 0.399. The van der Waals surface area contributed by atoms with Gasteiger partial charge >= 0.3 is 5.97 Å². The molecule has 0 radical (unpaired) electrons. The third-order valence-corrected chi connectivity index (χ3v) is 4.30. The summed E-state index contributed by atoms with van der Waals surface area (Å²) in [7, 11) is 3.14. The molecule has 9 heteroatoms. The number of fused-ring (bicyclic) bond motifs is 1. The molecule has 1 saturated heterocycles. The molecule has 2 atom stereocenters. The van der Waals surface area contributed by atoms with Gasteiger partial charge in [-0.15, -0.1) is 0 Å². The first-order valence-electron chi connectivity index (χ1n) is 9.71. The van der Waals surface area contributed by atoms with Crippen LogP contribution in [0.1, 0.15) is 6.92 Å². The van der Waals surface area contributed by atoms with E-state index in [1.165, 1.54) is 6.92 Å². The Hall–Kier alpha value is -3.17. The molecule has 0 aromatic heterocycles. The van der Waals surface area contributed by atoms with Crippen LogP contribution in [0.2, 0.25) is 0 Å². The summed E-state index contributed by atoms with van der Waals surface area (Å²) >= 11 is 0. The summed E-state index contributed by atoms with van der Waals surface area (Å²) in [5, 5.41) is 8.91. The number of aliphatic hydroxyl groups is 1. The fraction of sp³-hybridized carbons (Fsp3) is 0.409. The van der Waals surface area contributed by atoms with Crippen molar-refractivity contribution in [3.8, 4) is 34.5 Å². The monoisotopic (exact) mass is 434 g/mol. The highest BCUT2D eigenvalue weighted by molar-refractivity contribution is 5.70. The topological polar surface area (TPSA) is 105 Å². The molecule has 2 heterocycles. The van der Waals surface area contributed by atoms with Crippen molar-refractivity contribution >= 4 is 5.97 Å². The lowest BCUT2D eigenvalue weighted by molar-refractivity contribution is -0.132. The lowest BCUT2D eigenvalue weighted by atomic mass is 10.2. The smallest absolute Gasteiger partial charge is 0.308 e. The fourth-order valence-corrected chi connectivity index (χ4v) is 2.63. The zero-order chi connectivity index (χ0) is 22.2. The van der Waals surface area contributed by atoms with E-state index in [1.54, 1.807) is 44.6 Å². The van der Waals surface area contributed by atoms with Crippen molar-refractivity contribution in [2.75, 3.05) is 40.6 Å². The molecule has 1 N–H and O–H groups in total. The summed E-state index contributed by atoms with van der Waals surface area (Å²) in [6.45, 7) is 2.86. The van der Waals surface area contributed by atoms with Gasteiger partial charge in [0.05, 0.1) is 27.4 Å². The van der Waals surface area contributed by atoms with Crippen LogP contribution in [0.3, 0.4) is 0 Å². The van der Waals surface area contributed by atoms with Crippen molar-refractivity contribution in [1.82, 2.24) is 0 Å². The van der Waals surface area contributed by atoms with Crippen LogP contribution in [0.25, 0.3) is 0 Å². The highest BCUT2D eigenvalue weighted by Crippen LogP contribution is 2.35. The number of aliphatic hydroxyl groups excluding tert-OH is 1. The number of methoxy groups -OCH3 is 2. The highest BCUT2D eigenvalue weighted by Gasteiger charge is 2.24. The van der Waals surface area contributed by atoms with Gasteiger partial charge in [-0.05, 0) is 24.3 Å². The molecule has 2 unspecified atom stereocenters. The Morgan fingerprint density at radius 2 is 1.71 bits per heavy atom. The maximum absolute atomic E-state index is 11.0. The molecule has 0 saturated carbocycles. The largest absolute Gasteiger partial charge is 0.497 e. The Morgan fingerprint density at radius 1 is 1.00 bits per heavy atom. The van der Waals surface area contributed by atoms with Crippen LogP contribution in [0, 0.1) is 0 Å². The Morgan fingerprint density at radius 3 is 2.35 bits per heavy atom. The Balaban J connectivity index is 0.000000179. The lowest BCUT2D eigenvalue weighted by Gasteiger charge is -2.25. The molecule has 0 amide bonds. The van der Waals surface area contributed by atoms with E-state index in [2.05, 4.69) is 0 Å². The van der Waals surface area contributed by atoms with Crippen molar-refractivity contribution in [2.24, 2.45) is 0 Å². The summed E-state index contributed by atoms with van der Waals surface area (Å²) < 4.78 is 36.6. The van der Waals surface area contributed by atoms with E-state index < -0.39 is 5.97 Å². The number of rotatable bonds is 7. The maximum atomic E-state index is 11.0. The summed E-state index contributed by atoms with van der Waals surface area (Å²) in [5.41, 5.74) is 0. The van der Waals surface area contributed by atoms with E-state index >= 15 is 0 Å². The van der Waals surface area contributed by atoms with Gasteiger partial charge in [0, 0.05) is 19.1 Å². The molecule has 2 aromatic carbocycles. The SMILES string of the molecule is COc1ccc(OCC2CO2)c(OC(C)=O)c1.COc1ccc2c(c1)OC(CO)CO2. The van der Waals surface area contributed by atoms with Gasteiger partial charge < -0.3 is 38.3 Å². The molecule has 0 bridgehead atoms. The van der Waals surface area contributed by atoms with E-state index in [1.807, 2.05) is 6.07 Å². The number of esters is 1. The lowest BCUT2D eigenvalue weighted by Crippen LogP contribution is -2.32. The van der Waals surface area contributed by atoms with Gasteiger partial charge in [0.1, 0.15) is 30.8 Å². The minimum atomic E-state index is -0.397. The number of carbonyl (C=O) groups is 1. The summed E-state index contributed by atoms with van der Waals surface area (Å²) in [4.78, 5) is 11.0. The van der Waals surface area contributed by atoms with Gasteiger partial charge in [0.2, 0.25) is 0 Å². The van der Waals surface area contributed by atoms with Crippen LogP contribution in [0.4, 0.5) is 0 Å². The molecular weight excluding hydrogens is 408 g/mol. The molecule has 1 fully saturated rings. The first-order chi connectivity index (χ1) is 15.0. The van der Waals surface area contributed by atoms with Crippen molar-refractivity contribution in [1.29, 1.82) is 0 Å². The Kier molecular flexibility index (Phi) is 7.80. The van der Waals surface area contributed by atoms with E-state index in [0.717, 1.165) is 6.61 Å². The number of hydrogen-bond acceptors (Lipinski definition) is 9. The molecule has 0 spiro atoms. The average Bonchev–Trinajstić information content (AvgIpc) is 3.62. The zero-order valence-electron chi connectivity index (χ0n) is 17.7. The van der Waals surface area contributed by atoms with Crippen LogP contribution in [0.15, 0.2) is 36.4 Å². The first kappa shape index (κ1) is 22.5. The van der Waals surface area contributed by atoms with Gasteiger partial charge in [0.25, 0.3) is 0 Å². The van der Waals surface area contributed by atoms with Crippen LogP contribution < -0.4 is 28.4 Å². The van der Waals surface area contributed by atoms with E-state index in [0.29, 0.717) is 47.7 Å². The second kappa shape index (κ2) is 10.7. The maximum Gasteiger partial charge on any atom is 0.308 e. The minimum Gasteiger partial charge on any atom is -0.497 e. The molecule has 0 aliphatic carbocycles. The van der Waals surface area contributed by atoms with E-state index in [9.17, 15) is 4.79 Å². The van der Waals surface area contributed by atoms with Crippen molar-refractivity contribution in [2.45, 2.75) is 19.1 Å². The molecule has 31 heavy (non-hydrogen) atoms. The average molecular weight is 434 g/mol. The van der Waals surface area contributed by atoms with Gasteiger partial charge in [-0.3, -0.25) is 4.79 Å². The van der Waals surface area contributed by atoms with Gasteiger partial charge in [-0.1, -0.05) is 0 Å². The fourth-order valence-electron chi connectivity index (χ4n) is 2.63. The zero-order valence-corrected chi connectivity index (χ0v) is 17.7. The Labute approximate surface area is 180 Å². The summed E-state index contributed by atoms with van der Waals surface area (Å²) in [5.74, 6) is 3.10. The second-order valence-electron chi connectivity index (χ2n) is 6.72. The van der Waals surface area contributed by atoms with Gasteiger partial charge in [-0.2, -0.15) is 0 Å².